The molecule has 0 aromatic heterocycles. The summed E-state index contributed by atoms with van der Waals surface area (Å²) < 4.78 is 6.13. The van der Waals surface area contributed by atoms with Crippen LogP contribution in [0.3, 0.4) is 0 Å². The summed E-state index contributed by atoms with van der Waals surface area (Å²) in [6, 6.07) is 0. The minimum atomic E-state index is -1.45. The topological polar surface area (TPSA) is 9.23 Å². The van der Waals surface area contributed by atoms with E-state index >= 15 is 0 Å². The van der Waals surface area contributed by atoms with E-state index in [1.54, 1.807) is 0 Å². The van der Waals surface area contributed by atoms with Crippen LogP contribution >= 0.6 is 0 Å². The Morgan fingerprint density at radius 2 is 2.00 bits per heavy atom. The molecule has 0 aliphatic heterocycles. The van der Waals surface area contributed by atoms with E-state index in [2.05, 4.69) is 46.1 Å². The number of hydrogen-bond donors (Lipinski definition) is 0. The Morgan fingerprint density at radius 3 is 2.47 bits per heavy atom. The first-order chi connectivity index (χ1) is 6.79. The molecule has 0 heterocycles. The van der Waals surface area contributed by atoms with E-state index in [9.17, 15) is 0 Å². The van der Waals surface area contributed by atoms with E-state index in [1.807, 2.05) is 0 Å². The molecule has 1 rings (SSSR count). The van der Waals surface area contributed by atoms with Crippen LogP contribution in [0.15, 0.2) is 24.0 Å². The molecule has 0 N–H and O–H groups in total. The van der Waals surface area contributed by atoms with Gasteiger partial charge in [0.2, 0.25) is 8.32 Å². The third-order valence-corrected chi connectivity index (χ3v) is 3.67. The molecule has 0 unspecified atom stereocenters. The van der Waals surface area contributed by atoms with Gasteiger partial charge >= 0.3 is 0 Å². The Balaban J connectivity index is 2.78. The van der Waals surface area contributed by atoms with Crippen LogP contribution in [-0.2, 0) is 4.43 Å². The summed E-state index contributed by atoms with van der Waals surface area (Å²) in [5.41, 5.74) is 1.26. The third kappa shape index (κ3) is 3.86. The van der Waals surface area contributed by atoms with Gasteiger partial charge in [-0.25, -0.2) is 0 Å². The fraction of sp³-hybridized carbons (Fsp3) is 0.692. The lowest BCUT2D eigenvalue weighted by Gasteiger charge is -2.31. The quantitative estimate of drug-likeness (QED) is 0.512. The van der Waals surface area contributed by atoms with Crippen molar-refractivity contribution in [3.8, 4) is 0 Å². The number of hydrogen-bond acceptors (Lipinski definition) is 1. The molecule has 0 fully saturated rings. The molecule has 0 radical (unpaired) electrons. The molecule has 0 aromatic rings. The lowest BCUT2D eigenvalue weighted by atomic mass is 9.85. The van der Waals surface area contributed by atoms with Gasteiger partial charge in [-0.3, -0.25) is 0 Å². The summed E-state index contributed by atoms with van der Waals surface area (Å²) in [6.07, 6.45) is 4.76. The van der Waals surface area contributed by atoms with E-state index in [1.165, 1.54) is 24.2 Å². The molecule has 0 aromatic carbocycles. The zero-order valence-electron chi connectivity index (χ0n) is 10.8. The minimum Gasteiger partial charge on any atom is -0.547 e. The van der Waals surface area contributed by atoms with E-state index < -0.39 is 8.32 Å². The zero-order valence-corrected chi connectivity index (χ0v) is 11.8. The Bertz CT molecular complexity index is 273. The largest absolute Gasteiger partial charge is 0.547 e. The third-order valence-electron chi connectivity index (χ3n) is 2.82. The molecule has 0 saturated heterocycles. The van der Waals surface area contributed by atoms with Gasteiger partial charge in [-0.05, 0) is 45.5 Å². The highest BCUT2D eigenvalue weighted by atomic mass is 28.4. The average molecular weight is 224 g/mol. The first-order valence-corrected chi connectivity index (χ1v) is 9.26. The molecule has 1 nitrogen and oxygen atoms in total. The Morgan fingerprint density at radius 1 is 1.40 bits per heavy atom. The highest BCUT2D eigenvalue weighted by Gasteiger charge is 2.25. The highest BCUT2D eigenvalue weighted by molar-refractivity contribution is 6.70. The second kappa shape index (κ2) is 4.56. The standard InChI is InChI=1S/C13H24OSi/c1-10(2)12-8-7-11(3)13(9-12)14-15(4,5)6/h9,11-12H,1,7-8H2,2-6H3/t11-,12-/m1/s1. The van der Waals surface area contributed by atoms with E-state index in [0.29, 0.717) is 11.8 Å². The van der Waals surface area contributed by atoms with Gasteiger partial charge in [0.25, 0.3) is 0 Å². The fourth-order valence-corrected chi connectivity index (χ4v) is 2.87. The second-order valence-electron chi connectivity index (χ2n) is 5.71. The zero-order chi connectivity index (χ0) is 11.6. The van der Waals surface area contributed by atoms with Crippen LogP contribution in [0.1, 0.15) is 26.7 Å². The lowest BCUT2D eigenvalue weighted by Crippen LogP contribution is -2.28. The number of rotatable bonds is 3. The van der Waals surface area contributed by atoms with Crippen molar-refractivity contribution >= 4 is 8.32 Å². The molecule has 0 amide bonds. The van der Waals surface area contributed by atoms with Gasteiger partial charge in [-0.15, -0.1) is 0 Å². The predicted octanol–water partition coefficient (Wildman–Crippen LogP) is 4.34. The lowest BCUT2D eigenvalue weighted by molar-refractivity contribution is 0.310. The van der Waals surface area contributed by atoms with Crippen molar-refractivity contribution in [2.45, 2.75) is 46.3 Å². The molecule has 0 saturated carbocycles. The fourth-order valence-electron chi connectivity index (χ4n) is 1.89. The molecule has 15 heavy (non-hydrogen) atoms. The summed E-state index contributed by atoms with van der Waals surface area (Å²) in [5.74, 6) is 2.34. The van der Waals surface area contributed by atoms with Crippen LogP contribution in [0.5, 0.6) is 0 Å². The maximum atomic E-state index is 6.13. The smallest absolute Gasteiger partial charge is 0.241 e. The molecule has 2 heteroatoms. The molecule has 0 spiro atoms. The predicted molar refractivity (Wildman–Crippen MR) is 69.2 cm³/mol. The molecule has 1 aliphatic rings. The number of allylic oxidation sites excluding steroid dienone is 3. The molecule has 86 valence electrons. The van der Waals surface area contributed by atoms with Crippen molar-refractivity contribution < 1.29 is 4.43 Å². The Kier molecular flexibility index (Phi) is 3.82. The van der Waals surface area contributed by atoms with E-state index in [-0.39, 0.29) is 0 Å². The van der Waals surface area contributed by atoms with Crippen molar-refractivity contribution in [2.24, 2.45) is 11.8 Å². The van der Waals surface area contributed by atoms with Crippen molar-refractivity contribution in [1.82, 2.24) is 0 Å². The van der Waals surface area contributed by atoms with Gasteiger partial charge < -0.3 is 4.43 Å². The Labute approximate surface area is 95.4 Å². The maximum absolute atomic E-state index is 6.13. The van der Waals surface area contributed by atoms with E-state index in [0.717, 1.165) is 0 Å². The molecule has 2 atom stereocenters. The van der Waals surface area contributed by atoms with E-state index in [4.69, 9.17) is 4.43 Å². The van der Waals surface area contributed by atoms with Gasteiger partial charge in [0.05, 0.1) is 5.76 Å². The molecular weight excluding hydrogens is 200 g/mol. The second-order valence-corrected chi connectivity index (χ2v) is 10.1. The van der Waals surface area contributed by atoms with Crippen molar-refractivity contribution in [2.75, 3.05) is 0 Å². The van der Waals surface area contributed by atoms with Gasteiger partial charge in [0, 0.05) is 11.8 Å². The normalized spacial score (nSPS) is 27.1. The van der Waals surface area contributed by atoms with Gasteiger partial charge in [0.1, 0.15) is 0 Å². The van der Waals surface area contributed by atoms with Gasteiger partial charge in [-0.2, -0.15) is 0 Å². The summed E-state index contributed by atoms with van der Waals surface area (Å²) >= 11 is 0. The average Bonchev–Trinajstić information content (AvgIpc) is 2.06. The summed E-state index contributed by atoms with van der Waals surface area (Å²) in [7, 11) is -1.45. The highest BCUT2D eigenvalue weighted by Crippen LogP contribution is 2.33. The van der Waals surface area contributed by atoms with Crippen LogP contribution in [0.25, 0.3) is 0 Å². The van der Waals surface area contributed by atoms with Crippen molar-refractivity contribution in [3.63, 3.8) is 0 Å². The minimum absolute atomic E-state index is 0.535. The first-order valence-electron chi connectivity index (χ1n) is 5.86. The monoisotopic (exact) mass is 224 g/mol. The van der Waals surface area contributed by atoms with Crippen LogP contribution in [0, 0.1) is 11.8 Å². The molecule has 1 aliphatic carbocycles. The van der Waals surface area contributed by atoms with Gasteiger partial charge in [-0.1, -0.05) is 19.1 Å². The van der Waals surface area contributed by atoms with Crippen molar-refractivity contribution in [1.29, 1.82) is 0 Å². The van der Waals surface area contributed by atoms with Crippen LogP contribution in [0.4, 0.5) is 0 Å². The maximum Gasteiger partial charge on any atom is 0.241 e. The van der Waals surface area contributed by atoms with Crippen LogP contribution in [0.2, 0.25) is 19.6 Å². The SMILES string of the molecule is C=C(C)[C@H]1C=C(O[Si](C)(C)C)[C@H](C)CC1. The van der Waals surface area contributed by atoms with Crippen molar-refractivity contribution in [3.05, 3.63) is 24.0 Å². The summed E-state index contributed by atoms with van der Waals surface area (Å²) in [4.78, 5) is 0. The van der Waals surface area contributed by atoms with Gasteiger partial charge in [0.15, 0.2) is 0 Å². The summed E-state index contributed by atoms with van der Waals surface area (Å²) in [6.45, 7) is 15.1. The van der Waals surface area contributed by atoms with Crippen LogP contribution in [-0.4, -0.2) is 8.32 Å². The molecule has 0 bridgehead atoms. The Hall–Kier alpha value is -0.503. The van der Waals surface area contributed by atoms with Crippen LogP contribution < -0.4 is 0 Å². The molecular formula is C13H24OSi. The first kappa shape index (κ1) is 12.6. The summed E-state index contributed by atoms with van der Waals surface area (Å²) in [5, 5.41) is 0.